The van der Waals surface area contributed by atoms with Crippen LogP contribution in [0.3, 0.4) is 0 Å². The van der Waals surface area contributed by atoms with Gasteiger partial charge in [0, 0.05) is 19.6 Å². The minimum absolute atomic E-state index is 0.0108. The van der Waals surface area contributed by atoms with E-state index < -0.39 is 10.0 Å². The van der Waals surface area contributed by atoms with Crippen LogP contribution in [0, 0.1) is 0 Å². The van der Waals surface area contributed by atoms with E-state index in [1.807, 2.05) is 19.1 Å². The third-order valence-electron chi connectivity index (χ3n) is 3.70. The lowest BCUT2D eigenvalue weighted by Gasteiger charge is -2.25. The highest BCUT2D eigenvalue weighted by atomic mass is 32.2. The van der Waals surface area contributed by atoms with Crippen LogP contribution in [-0.2, 0) is 16.6 Å². The second kappa shape index (κ2) is 8.51. The second-order valence-electron chi connectivity index (χ2n) is 5.44. The Morgan fingerprint density at radius 1 is 1.19 bits per heavy atom. The van der Waals surface area contributed by atoms with Crippen LogP contribution in [0.15, 0.2) is 29.2 Å². The van der Waals surface area contributed by atoms with Gasteiger partial charge >= 0.3 is 0 Å². The molecule has 120 valence electrons. The van der Waals surface area contributed by atoms with Crippen molar-refractivity contribution in [2.75, 3.05) is 13.6 Å². The van der Waals surface area contributed by atoms with E-state index in [0.717, 1.165) is 31.4 Å². The Labute approximate surface area is 129 Å². The van der Waals surface area contributed by atoms with Gasteiger partial charge in [0.15, 0.2) is 0 Å². The average Bonchev–Trinajstić information content (AvgIpc) is 2.47. The Hall–Kier alpha value is -0.910. The molecule has 0 spiro atoms. The minimum Gasteiger partial charge on any atom is -0.313 e. The molecule has 0 aliphatic rings. The number of rotatable bonds is 9. The summed E-state index contributed by atoms with van der Waals surface area (Å²) in [7, 11) is -1.76. The van der Waals surface area contributed by atoms with E-state index in [1.54, 1.807) is 19.2 Å². The summed E-state index contributed by atoms with van der Waals surface area (Å²) in [5, 5.41) is 3.27. The van der Waals surface area contributed by atoms with Gasteiger partial charge < -0.3 is 5.32 Å². The fourth-order valence-corrected chi connectivity index (χ4v) is 3.90. The van der Waals surface area contributed by atoms with E-state index in [4.69, 9.17) is 0 Å². The molecule has 1 atom stereocenters. The lowest BCUT2D eigenvalue weighted by Crippen LogP contribution is -2.35. The van der Waals surface area contributed by atoms with Gasteiger partial charge in [0.2, 0.25) is 10.0 Å². The highest BCUT2D eigenvalue weighted by molar-refractivity contribution is 7.89. The van der Waals surface area contributed by atoms with E-state index in [1.165, 1.54) is 4.31 Å². The molecule has 0 saturated heterocycles. The van der Waals surface area contributed by atoms with Crippen LogP contribution >= 0.6 is 0 Å². The maximum absolute atomic E-state index is 12.8. The smallest absolute Gasteiger partial charge is 0.243 e. The molecule has 21 heavy (non-hydrogen) atoms. The lowest BCUT2D eigenvalue weighted by atomic mass is 10.2. The van der Waals surface area contributed by atoms with Crippen molar-refractivity contribution in [2.45, 2.75) is 57.5 Å². The van der Waals surface area contributed by atoms with Crippen LogP contribution < -0.4 is 5.32 Å². The van der Waals surface area contributed by atoms with Gasteiger partial charge in [0.25, 0.3) is 0 Å². The molecule has 1 N–H and O–H groups in total. The van der Waals surface area contributed by atoms with E-state index >= 15 is 0 Å². The van der Waals surface area contributed by atoms with Crippen molar-refractivity contribution >= 4 is 10.0 Å². The van der Waals surface area contributed by atoms with Crippen molar-refractivity contribution in [3.8, 4) is 0 Å². The summed E-state index contributed by atoms with van der Waals surface area (Å²) < 4.78 is 27.1. The lowest BCUT2D eigenvalue weighted by molar-refractivity contribution is 0.368. The maximum atomic E-state index is 12.8. The van der Waals surface area contributed by atoms with Crippen LogP contribution in [0.4, 0.5) is 0 Å². The van der Waals surface area contributed by atoms with Crippen molar-refractivity contribution in [1.82, 2.24) is 9.62 Å². The first-order valence-electron chi connectivity index (χ1n) is 7.71. The zero-order valence-electron chi connectivity index (χ0n) is 13.6. The Balaban J connectivity index is 3.02. The molecule has 0 aliphatic carbocycles. The first-order valence-corrected chi connectivity index (χ1v) is 9.15. The Morgan fingerprint density at radius 3 is 2.48 bits per heavy atom. The standard InChI is InChI=1S/C16H28N2O2S/c1-5-9-14(3)18(4)21(19,20)16-11-8-7-10-15(16)13-17-12-6-2/h7-8,10-11,14,17H,5-6,9,12-13H2,1-4H3. The number of hydrogen-bond acceptors (Lipinski definition) is 3. The third-order valence-corrected chi connectivity index (χ3v) is 5.77. The molecule has 1 aromatic rings. The second-order valence-corrected chi connectivity index (χ2v) is 7.41. The molecule has 0 amide bonds. The molecule has 0 radical (unpaired) electrons. The minimum atomic E-state index is -3.43. The number of nitrogens with zero attached hydrogens (tertiary/aromatic N) is 1. The highest BCUT2D eigenvalue weighted by Gasteiger charge is 2.26. The Bertz CT molecular complexity index is 529. The average molecular weight is 312 g/mol. The van der Waals surface area contributed by atoms with Gasteiger partial charge in [-0.3, -0.25) is 0 Å². The monoisotopic (exact) mass is 312 g/mol. The number of benzene rings is 1. The third kappa shape index (κ3) is 4.80. The predicted molar refractivity (Wildman–Crippen MR) is 87.8 cm³/mol. The van der Waals surface area contributed by atoms with Crippen molar-refractivity contribution in [2.24, 2.45) is 0 Å². The van der Waals surface area contributed by atoms with E-state index in [9.17, 15) is 8.42 Å². The molecular weight excluding hydrogens is 284 g/mol. The Kier molecular flexibility index (Phi) is 7.35. The maximum Gasteiger partial charge on any atom is 0.243 e. The summed E-state index contributed by atoms with van der Waals surface area (Å²) >= 11 is 0. The highest BCUT2D eigenvalue weighted by Crippen LogP contribution is 2.22. The molecule has 1 aromatic carbocycles. The van der Waals surface area contributed by atoms with E-state index in [2.05, 4.69) is 19.2 Å². The van der Waals surface area contributed by atoms with Gasteiger partial charge in [-0.05, 0) is 37.9 Å². The van der Waals surface area contributed by atoms with Crippen LogP contribution in [-0.4, -0.2) is 32.4 Å². The first kappa shape index (κ1) is 18.1. The van der Waals surface area contributed by atoms with Crippen molar-refractivity contribution in [3.05, 3.63) is 29.8 Å². The first-order chi connectivity index (χ1) is 9.95. The molecule has 0 aliphatic heterocycles. The fourth-order valence-electron chi connectivity index (χ4n) is 2.29. The van der Waals surface area contributed by atoms with Crippen LogP contribution in [0.1, 0.15) is 45.6 Å². The van der Waals surface area contributed by atoms with Gasteiger partial charge in [-0.2, -0.15) is 4.31 Å². The Morgan fingerprint density at radius 2 is 1.86 bits per heavy atom. The normalized spacial score (nSPS) is 13.6. The van der Waals surface area contributed by atoms with Crippen molar-refractivity contribution in [3.63, 3.8) is 0 Å². The largest absolute Gasteiger partial charge is 0.313 e. The molecule has 0 fully saturated rings. The molecule has 1 unspecified atom stereocenters. The number of hydrogen-bond donors (Lipinski definition) is 1. The summed E-state index contributed by atoms with van der Waals surface area (Å²) in [6, 6.07) is 7.27. The van der Waals surface area contributed by atoms with Crippen molar-refractivity contribution in [1.29, 1.82) is 0 Å². The zero-order chi connectivity index (χ0) is 15.9. The van der Waals surface area contributed by atoms with Crippen LogP contribution in [0.25, 0.3) is 0 Å². The quantitative estimate of drug-likeness (QED) is 0.713. The summed E-state index contributed by atoms with van der Waals surface area (Å²) in [5.41, 5.74) is 0.835. The van der Waals surface area contributed by atoms with E-state index in [0.29, 0.717) is 11.4 Å². The molecule has 0 aromatic heterocycles. The topological polar surface area (TPSA) is 49.4 Å². The van der Waals surface area contributed by atoms with Crippen LogP contribution in [0.5, 0.6) is 0 Å². The number of sulfonamides is 1. The van der Waals surface area contributed by atoms with Gasteiger partial charge in [-0.15, -0.1) is 0 Å². The predicted octanol–water partition coefficient (Wildman–Crippen LogP) is 3.00. The molecule has 4 nitrogen and oxygen atoms in total. The van der Waals surface area contributed by atoms with Crippen LogP contribution in [0.2, 0.25) is 0 Å². The van der Waals surface area contributed by atoms with E-state index in [-0.39, 0.29) is 6.04 Å². The molecule has 0 saturated carbocycles. The SMILES string of the molecule is CCCNCc1ccccc1S(=O)(=O)N(C)C(C)CCC. The van der Waals surface area contributed by atoms with Gasteiger partial charge in [0.05, 0.1) is 4.90 Å². The van der Waals surface area contributed by atoms with Gasteiger partial charge in [0.1, 0.15) is 0 Å². The molecular formula is C16H28N2O2S. The molecule has 5 heteroatoms. The number of nitrogens with one attached hydrogen (secondary N) is 1. The molecule has 1 rings (SSSR count). The summed E-state index contributed by atoms with van der Waals surface area (Å²) in [4.78, 5) is 0.416. The summed E-state index contributed by atoms with van der Waals surface area (Å²) in [5.74, 6) is 0. The van der Waals surface area contributed by atoms with Crippen molar-refractivity contribution < 1.29 is 8.42 Å². The zero-order valence-corrected chi connectivity index (χ0v) is 14.4. The molecule has 0 heterocycles. The molecule has 0 bridgehead atoms. The van der Waals surface area contributed by atoms with Gasteiger partial charge in [-0.25, -0.2) is 8.42 Å². The van der Waals surface area contributed by atoms with Gasteiger partial charge in [-0.1, -0.05) is 38.5 Å². The summed E-state index contributed by atoms with van der Waals surface area (Å²) in [6.07, 6.45) is 2.87. The summed E-state index contributed by atoms with van der Waals surface area (Å²) in [6.45, 7) is 7.59. The fraction of sp³-hybridized carbons (Fsp3) is 0.625.